The number of furan rings is 1. The molecule has 0 amide bonds. The summed E-state index contributed by atoms with van der Waals surface area (Å²) in [6.45, 7) is 1.97. The van der Waals surface area contributed by atoms with Gasteiger partial charge in [-0.1, -0.05) is 0 Å². The van der Waals surface area contributed by atoms with E-state index < -0.39 is 0 Å². The Bertz CT molecular complexity index is 702. The van der Waals surface area contributed by atoms with Crippen LogP contribution in [0.5, 0.6) is 0 Å². The van der Waals surface area contributed by atoms with E-state index in [-0.39, 0.29) is 11.9 Å². The van der Waals surface area contributed by atoms with Gasteiger partial charge in [-0.05, 0) is 54.6 Å². The molecule has 0 bridgehead atoms. The topological polar surface area (TPSA) is 25.2 Å². The lowest BCUT2D eigenvalue weighted by molar-refractivity contribution is 0.488. The minimum Gasteiger partial charge on any atom is -0.459 e. The van der Waals surface area contributed by atoms with E-state index in [0.29, 0.717) is 0 Å². The minimum atomic E-state index is -0.237. The Morgan fingerprint density at radius 2 is 2.16 bits per heavy atom. The van der Waals surface area contributed by atoms with Crippen molar-refractivity contribution >= 4 is 22.3 Å². The fourth-order valence-electron chi connectivity index (χ4n) is 2.38. The number of hydrogen-bond acceptors (Lipinski definition) is 3. The molecule has 0 aliphatic rings. The van der Waals surface area contributed by atoms with Crippen molar-refractivity contribution in [1.82, 2.24) is 5.32 Å². The first kappa shape index (κ1) is 12.4. The molecule has 98 valence electrons. The van der Waals surface area contributed by atoms with Crippen LogP contribution in [-0.2, 0) is 0 Å². The first-order valence-corrected chi connectivity index (χ1v) is 7.03. The highest BCUT2D eigenvalue weighted by Crippen LogP contribution is 2.33. The Balaban J connectivity index is 2.16. The van der Waals surface area contributed by atoms with Crippen LogP contribution in [0, 0.1) is 12.7 Å². The zero-order chi connectivity index (χ0) is 13.4. The highest BCUT2D eigenvalue weighted by molar-refractivity contribution is 7.08. The maximum Gasteiger partial charge on any atom is 0.134 e. The number of benzene rings is 1. The predicted octanol–water partition coefficient (Wildman–Crippen LogP) is 4.25. The Morgan fingerprint density at radius 1 is 1.32 bits per heavy atom. The molecule has 1 atom stereocenters. The molecular formula is C15H14FNOS. The van der Waals surface area contributed by atoms with Gasteiger partial charge >= 0.3 is 0 Å². The van der Waals surface area contributed by atoms with Crippen LogP contribution < -0.4 is 5.32 Å². The Kier molecular flexibility index (Phi) is 3.12. The van der Waals surface area contributed by atoms with E-state index in [1.807, 2.05) is 19.4 Å². The monoisotopic (exact) mass is 275 g/mol. The van der Waals surface area contributed by atoms with Gasteiger partial charge < -0.3 is 9.73 Å². The van der Waals surface area contributed by atoms with Crippen molar-refractivity contribution in [3.05, 3.63) is 57.7 Å². The average Bonchev–Trinajstić information content (AvgIpc) is 3.02. The van der Waals surface area contributed by atoms with Gasteiger partial charge in [0.2, 0.25) is 0 Å². The molecule has 1 aromatic carbocycles. The van der Waals surface area contributed by atoms with E-state index in [1.165, 1.54) is 12.1 Å². The summed E-state index contributed by atoms with van der Waals surface area (Å²) in [7, 11) is 1.90. The molecule has 3 rings (SSSR count). The molecule has 19 heavy (non-hydrogen) atoms. The van der Waals surface area contributed by atoms with Crippen LogP contribution in [0.25, 0.3) is 11.0 Å². The van der Waals surface area contributed by atoms with Crippen molar-refractivity contribution in [2.24, 2.45) is 0 Å². The van der Waals surface area contributed by atoms with Gasteiger partial charge in [0.05, 0.1) is 6.04 Å². The number of aryl methyl sites for hydroxylation is 1. The number of rotatable bonds is 3. The summed E-state index contributed by atoms with van der Waals surface area (Å²) in [5.74, 6) is 0.612. The van der Waals surface area contributed by atoms with Crippen LogP contribution in [0.4, 0.5) is 4.39 Å². The number of thiophene rings is 1. The fraction of sp³-hybridized carbons (Fsp3) is 0.200. The summed E-state index contributed by atoms with van der Waals surface area (Å²) in [4.78, 5) is 0. The van der Waals surface area contributed by atoms with Gasteiger partial charge in [-0.3, -0.25) is 0 Å². The highest BCUT2D eigenvalue weighted by Gasteiger charge is 2.21. The van der Waals surface area contributed by atoms with E-state index in [2.05, 4.69) is 16.8 Å². The molecule has 0 aliphatic carbocycles. The fourth-order valence-corrected chi connectivity index (χ4v) is 3.06. The van der Waals surface area contributed by atoms with E-state index >= 15 is 0 Å². The number of hydrogen-bond donors (Lipinski definition) is 1. The van der Waals surface area contributed by atoms with Crippen LogP contribution >= 0.6 is 11.3 Å². The number of nitrogens with one attached hydrogen (secondary N) is 1. The Hall–Kier alpha value is -1.65. The minimum absolute atomic E-state index is 0.00158. The van der Waals surface area contributed by atoms with Gasteiger partial charge in [-0.2, -0.15) is 11.3 Å². The van der Waals surface area contributed by atoms with Crippen LogP contribution in [0.3, 0.4) is 0 Å². The van der Waals surface area contributed by atoms with Crippen molar-refractivity contribution in [2.45, 2.75) is 13.0 Å². The number of fused-ring (bicyclic) bond motifs is 1. The highest BCUT2D eigenvalue weighted by atomic mass is 32.1. The molecule has 3 aromatic rings. The smallest absolute Gasteiger partial charge is 0.134 e. The molecule has 0 saturated heterocycles. The standard InChI is InChI=1S/C15H14FNOS/c1-9-12-7-11(16)3-4-13(12)18-15(9)14(17-2)10-5-6-19-8-10/h3-8,14,17H,1-2H3. The first-order chi connectivity index (χ1) is 9.20. The zero-order valence-corrected chi connectivity index (χ0v) is 11.6. The summed E-state index contributed by atoms with van der Waals surface area (Å²) in [6.07, 6.45) is 0. The van der Waals surface area contributed by atoms with Crippen molar-refractivity contribution < 1.29 is 8.81 Å². The summed E-state index contributed by atoms with van der Waals surface area (Å²) in [5, 5.41) is 8.23. The third-order valence-corrected chi connectivity index (χ3v) is 4.06. The van der Waals surface area contributed by atoms with Crippen molar-refractivity contribution in [1.29, 1.82) is 0 Å². The third kappa shape index (κ3) is 2.07. The first-order valence-electron chi connectivity index (χ1n) is 6.08. The lowest BCUT2D eigenvalue weighted by Gasteiger charge is -2.13. The average molecular weight is 275 g/mol. The van der Waals surface area contributed by atoms with E-state index in [0.717, 1.165) is 27.9 Å². The van der Waals surface area contributed by atoms with Crippen LogP contribution in [-0.4, -0.2) is 7.05 Å². The maximum atomic E-state index is 13.3. The SMILES string of the molecule is CNC(c1ccsc1)c1oc2ccc(F)cc2c1C. The molecule has 1 unspecified atom stereocenters. The molecule has 4 heteroatoms. The van der Waals surface area contributed by atoms with Crippen LogP contribution in [0.15, 0.2) is 39.4 Å². The third-order valence-electron chi connectivity index (χ3n) is 3.36. The van der Waals surface area contributed by atoms with Crippen LogP contribution in [0.1, 0.15) is 22.9 Å². The predicted molar refractivity (Wildman–Crippen MR) is 76.1 cm³/mol. The molecule has 2 aromatic heterocycles. The lowest BCUT2D eigenvalue weighted by Crippen LogP contribution is -2.17. The van der Waals surface area contributed by atoms with Gasteiger partial charge in [0.25, 0.3) is 0 Å². The van der Waals surface area contributed by atoms with Crippen molar-refractivity contribution in [2.75, 3.05) is 7.05 Å². The second kappa shape index (κ2) is 4.79. The second-order valence-electron chi connectivity index (χ2n) is 4.51. The molecule has 1 N–H and O–H groups in total. The normalized spacial score (nSPS) is 13.0. The summed E-state index contributed by atoms with van der Waals surface area (Å²) < 4.78 is 19.2. The molecular weight excluding hydrogens is 261 g/mol. The van der Waals surface area contributed by atoms with Crippen LogP contribution in [0.2, 0.25) is 0 Å². The number of halogens is 1. The van der Waals surface area contributed by atoms with Gasteiger partial charge in [-0.25, -0.2) is 4.39 Å². The van der Waals surface area contributed by atoms with Gasteiger partial charge in [0.1, 0.15) is 17.2 Å². The molecule has 2 nitrogen and oxygen atoms in total. The summed E-state index contributed by atoms with van der Waals surface area (Å²) in [5.41, 5.74) is 2.87. The molecule has 2 heterocycles. The second-order valence-corrected chi connectivity index (χ2v) is 5.29. The quantitative estimate of drug-likeness (QED) is 0.773. The summed E-state index contributed by atoms with van der Waals surface area (Å²) >= 11 is 1.65. The largest absolute Gasteiger partial charge is 0.459 e. The maximum absolute atomic E-state index is 13.3. The molecule has 0 fully saturated rings. The van der Waals surface area contributed by atoms with Gasteiger partial charge in [0.15, 0.2) is 0 Å². The Morgan fingerprint density at radius 3 is 2.84 bits per heavy atom. The van der Waals surface area contributed by atoms with Crippen molar-refractivity contribution in [3.8, 4) is 0 Å². The van der Waals surface area contributed by atoms with Gasteiger partial charge in [0, 0.05) is 10.9 Å². The zero-order valence-electron chi connectivity index (χ0n) is 10.7. The van der Waals surface area contributed by atoms with E-state index in [9.17, 15) is 4.39 Å². The molecule has 0 saturated carbocycles. The Labute approximate surface area is 114 Å². The molecule has 0 aliphatic heterocycles. The lowest BCUT2D eigenvalue weighted by atomic mass is 10.0. The van der Waals surface area contributed by atoms with E-state index in [1.54, 1.807) is 17.4 Å². The molecule has 0 spiro atoms. The van der Waals surface area contributed by atoms with Crippen molar-refractivity contribution in [3.63, 3.8) is 0 Å². The van der Waals surface area contributed by atoms with Gasteiger partial charge in [-0.15, -0.1) is 0 Å². The molecule has 0 radical (unpaired) electrons. The van der Waals surface area contributed by atoms with E-state index in [4.69, 9.17) is 4.42 Å². The summed E-state index contributed by atoms with van der Waals surface area (Å²) in [6, 6.07) is 6.70.